The smallest absolute Gasteiger partial charge is 0.238 e. The van der Waals surface area contributed by atoms with Gasteiger partial charge in [-0.1, -0.05) is 23.3 Å². The summed E-state index contributed by atoms with van der Waals surface area (Å²) in [6, 6.07) is 17.6. The first-order valence-electron chi connectivity index (χ1n) is 15.9. The van der Waals surface area contributed by atoms with Gasteiger partial charge in [0.15, 0.2) is 23.1 Å². The van der Waals surface area contributed by atoms with E-state index in [0.717, 1.165) is 11.3 Å². The van der Waals surface area contributed by atoms with Crippen LogP contribution >= 0.6 is 11.6 Å². The number of azo groups is 1. The predicted octanol–water partition coefficient (Wildman–Crippen LogP) is 7.17. The maximum atomic E-state index is 14.3. The van der Waals surface area contributed by atoms with Crippen molar-refractivity contribution in [3.8, 4) is 11.5 Å². The summed E-state index contributed by atoms with van der Waals surface area (Å²) in [7, 11) is 5.31. The minimum atomic E-state index is -0.739. The van der Waals surface area contributed by atoms with Crippen LogP contribution in [0, 0.1) is 17.8 Å². The van der Waals surface area contributed by atoms with Gasteiger partial charge in [-0.3, -0.25) is 24.1 Å². The fourth-order valence-electron chi connectivity index (χ4n) is 7.53. The Morgan fingerprint density at radius 2 is 1.57 bits per heavy atom. The number of halogens is 1. The number of imide groups is 1. The Bertz CT molecular complexity index is 2060. The number of anilines is 2. The zero-order chi connectivity index (χ0) is 34.7. The number of rotatable bonds is 6. The number of benzene rings is 3. The van der Waals surface area contributed by atoms with Crippen LogP contribution in [0.15, 0.2) is 105 Å². The molecule has 49 heavy (non-hydrogen) atoms. The maximum Gasteiger partial charge on any atom is 0.238 e. The Hall–Kier alpha value is -5.35. The molecule has 0 bridgehead atoms. The molecule has 2 amide bonds. The first kappa shape index (κ1) is 32.2. The molecule has 1 saturated heterocycles. The fourth-order valence-corrected chi connectivity index (χ4v) is 7.75. The van der Waals surface area contributed by atoms with E-state index in [4.69, 9.17) is 16.3 Å². The van der Waals surface area contributed by atoms with Gasteiger partial charge in [-0.15, -0.1) is 0 Å². The van der Waals surface area contributed by atoms with Crippen LogP contribution in [0.1, 0.15) is 31.2 Å². The minimum Gasteiger partial charge on any atom is -0.503 e. The second-order valence-corrected chi connectivity index (χ2v) is 13.3. The van der Waals surface area contributed by atoms with Crippen molar-refractivity contribution in [2.75, 3.05) is 31.0 Å². The number of aromatic hydroxyl groups is 1. The molecule has 7 rings (SSSR count). The Labute approximate surface area is 288 Å². The van der Waals surface area contributed by atoms with E-state index in [1.165, 1.54) is 18.1 Å². The number of methoxy groups -OCH3 is 1. The van der Waals surface area contributed by atoms with Gasteiger partial charge >= 0.3 is 0 Å². The Morgan fingerprint density at radius 3 is 2.20 bits per heavy atom. The van der Waals surface area contributed by atoms with E-state index in [-0.39, 0.29) is 52.7 Å². The average Bonchev–Trinajstić information content (AvgIpc) is 3.36. The van der Waals surface area contributed by atoms with Crippen molar-refractivity contribution in [2.45, 2.75) is 25.7 Å². The number of Topliss-reactive ketones (excluding diaryl/α,β-unsaturated/α-hetero) is 1. The third-order valence-electron chi connectivity index (χ3n) is 9.92. The first-order chi connectivity index (χ1) is 23.5. The van der Waals surface area contributed by atoms with Crippen LogP contribution in [-0.4, -0.2) is 49.7 Å². The SMILES string of the molecule is COc1cc([C@H]2C3=CC[C@@H]4C(=O)N(c5ccc(N=Nc6ccc(N(C)C)cc6)cc5)C(=O)[C@@H]4[C@@H]3CC3=C2C(=O)C=C(C)C3=O)cc(Cl)c1O. The zero-order valence-electron chi connectivity index (χ0n) is 27.3. The molecule has 11 heteroatoms. The molecule has 0 saturated carbocycles. The van der Waals surface area contributed by atoms with Gasteiger partial charge in [0.05, 0.1) is 41.0 Å². The summed E-state index contributed by atoms with van der Waals surface area (Å²) in [6.07, 6.45) is 3.71. The highest BCUT2D eigenvalue weighted by atomic mass is 35.5. The lowest BCUT2D eigenvalue weighted by Crippen LogP contribution is -2.39. The summed E-state index contributed by atoms with van der Waals surface area (Å²) in [6.45, 7) is 1.60. The van der Waals surface area contributed by atoms with Crippen LogP contribution in [0.4, 0.5) is 22.7 Å². The number of carbonyl (C=O) groups excluding carboxylic acids is 4. The molecular weight excluding hydrogens is 644 g/mol. The molecule has 4 atom stereocenters. The monoisotopic (exact) mass is 676 g/mol. The van der Waals surface area contributed by atoms with E-state index in [9.17, 15) is 24.3 Å². The Morgan fingerprint density at radius 1 is 0.918 bits per heavy atom. The van der Waals surface area contributed by atoms with Gasteiger partial charge in [-0.25, -0.2) is 0 Å². The number of phenolic OH excluding ortho intramolecular Hbond substituents is 1. The molecule has 0 spiro atoms. The van der Waals surface area contributed by atoms with Gasteiger partial charge < -0.3 is 14.7 Å². The van der Waals surface area contributed by atoms with Crippen LogP contribution in [-0.2, 0) is 19.2 Å². The van der Waals surface area contributed by atoms with Gasteiger partial charge in [0.25, 0.3) is 0 Å². The zero-order valence-corrected chi connectivity index (χ0v) is 28.1. The second kappa shape index (κ2) is 12.3. The molecule has 0 aromatic heterocycles. The summed E-state index contributed by atoms with van der Waals surface area (Å²) >= 11 is 6.40. The van der Waals surface area contributed by atoms with Crippen molar-refractivity contribution in [2.24, 2.45) is 28.0 Å². The number of ether oxygens (including phenoxy) is 1. The van der Waals surface area contributed by atoms with Crippen LogP contribution < -0.4 is 14.5 Å². The highest BCUT2D eigenvalue weighted by Crippen LogP contribution is 2.56. The van der Waals surface area contributed by atoms with Crippen molar-refractivity contribution < 1.29 is 29.0 Å². The molecule has 248 valence electrons. The number of fused-ring (bicyclic) bond motifs is 3. The molecule has 3 aromatic rings. The van der Waals surface area contributed by atoms with Crippen molar-refractivity contribution >= 4 is 57.7 Å². The molecule has 0 unspecified atom stereocenters. The molecule has 1 heterocycles. The van der Waals surface area contributed by atoms with Gasteiger partial charge in [-0.2, -0.15) is 10.2 Å². The summed E-state index contributed by atoms with van der Waals surface area (Å²) in [5.74, 6) is -3.95. The van der Waals surface area contributed by atoms with Gasteiger partial charge in [0.1, 0.15) is 0 Å². The average molecular weight is 677 g/mol. The number of hydrogen-bond acceptors (Lipinski definition) is 9. The lowest BCUT2D eigenvalue weighted by atomic mass is 9.59. The van der Waals surface area contributed by atoms with E-state index < -0.39 is 23.7 Å². The largest absolute Gasteiger partial charge is 0.503 e. The summed E-state index contributed by atoms with van der Waals surface area (Å²) in [5, 5.41) is 19.1. The number of nitrogens with zero attached hydrogens (tertiary/aromatic N) is 4. The van der Waals surface area contributed by atoms with Gasteiger partial charge in [0, 0.05) is 42.4 Å². The molecule has 4 aliphatic rings. The lowest BCUT2D eigenvalue weighted by molar-refractivity contribution is -0.123. The lowest BCUT2D eigenvalue weighted by Gasteiger charge is -2.42. The highest BCUT2D eigenvalue weighted by molar-refractivity contribution is 6.32. The second-order valence-electron chi connectivity index (χ2n) is 12.9. The minimum absolute atomic E-state index is 0.0257. The number of carbonyl (C=O) groups is 4. The number of hydrogen-bond donors (Lipinski definition) is 1. The van der Waals surface area contributed by atoms with E-state index in [1.807, 2.05) is 49.3 Å². The Balaban J connectivity index is 1.21. The summed E-state index contributed by atoms with van der Waals surface area (Å²) in [5.41, 5.74) is 5.02. The molecule has 3 aromatic carbocycles. The normalized spacial score (nSPS) is 23.3. The number of ketones is 2. The van der Waals surface area contributed by atoms with Crippen molar-refractivity contribution in [3.63, 3.8) is 0 Å². The molecular formula is C38H33ClN4O6. The van der Waals surface area contributed by atoms with Gasteiger partial charge in [0.2, 0.25) is 11.8 Å². The van der Waals surface area contributed by atoms with Crippen molar-refractivity contribution in [1.82, 2.24) is 0 Å². The molecule has 1 aliphatic heterocycles. The fraction of sp³-hybridized carbons (Fsp3) is 0.263. The van der Waals surface area contributed by atoms with Crippen LogP contribution in [0.2, 0.25) is 5.02 Å². The highest BCUT2D eigenvalue weighted by Gasteiger charge is 2.56. The number of amides is 2. The van der Waals surface area contributed by atoms with E-state index in [1.54, 1.807) is 43.3 Å². The van der Waals surface area contributed by atoms with Crippen molar-refractivity contribution in [1.29, 1.82) is 0 Å². The third-order valence-corrected chi connectivity index (χ3v) is 10.2. The van der Waals surface area contributed by atoms with E-state index in [2.05, 4.69) is 10.2 Å². The van der Waals surface area contributed by atoms with Crippen molar-refractivity contribution in [3.05, 3.63) is 106 Å². The summed E-state index contributed by atoms with van der Waals surface area (Å²) in [4.78, 5) is 58.5. The van der Waals surface area contributed by atoms with Crippen LogP contribution in [0.25, 0.3) is 0 Å². The number of phenols is 1. The molecule has 0 radical (unpaired) electrons. The van der Waals surface area contributed by atoms with E-state index in [0.29, 0.717) is 39.3 Å². The quantitative estimate of drug-likeness (QED) is 0.127. The Kier molecular flexibility index (Phi) is 8.07. The molecule has 3 aliphatic carbocycles. The summed E-state index contributed by atoms with van der Waals surface area (Å²) < 4.78 is 5.36. The predicted molar refractivity (Wildman–Crippen MR) is 185 cm³/mol. The maximum absolute atomic E-state index is 14.3. The third kappa shape index (κ3) is 5.36. The van der Waals surface area contributed by atoms with Gasteiger partial charge in [-0.05, 0) is 98.0 Å². The van der Waals surface area contributed by atoms with E-state index >= 15 is 0 Å². The number of allylic oxidation sites excluding steroid dienone is 6. The van der Waals surface area contributed by atoms with Crippen LogP contribution in [0.3, 0.4) is 0 Å². The standard InChI is InChI=1S/C38H33ClN4O6/c1-19-15-30(44)34-28(35(19)45)18-27-25(32(34)20-16-29(39)36(46)31(17-20)49-4)13-14-26-33(27)38(48)43(37(26)47)24-11-7-22(8-12-24)41-40-21-5-9-23(10-6-21)42(2)3/h5-13,15-17,26-27,32-33,46H,14,18H2,1-4H3/t26-,27+,32-,33-/m0/s1. The molecule has 1 N–H and O–H groups in total. The molecule has 10 nitrogen and oxygen atoms in total. The molecule has 1 fully saturated rings. The van der Waals surface area contributed by atoms with Crippen LogP contribution in [0.5, 0.6) is 11.5 Å². The first-order valence-corrected chi connectivity index (χ1v) is 16.3. The topological polar surface area (TPSA) is 129 Å².